The van der Waals surface area contributed by atoms with Gasteiger partial charge in [0.25, 0.3) is 0 Å². The standard InChI is InChI=1S/C16H12FN4O2S.C9H13O.C2H6.C2H2.U/c1-9-6-10(14-12(17)4-3-5-13(14)23-2)11(7-18-9)15(22)20-16-21-19-8-24-16;1-4-6-7-9(5-2)8(3)10;2*1-2;/h3-7H,1-2H3,(H,20,21,22);5-7H,1,4H2,2-3H3;1-2H3;1-2H;/q2*-1;;;+2/b;7-6-,9-5+;;;. The number of methoxy groups -OCH3 is 1. The molecule has 0 aliphatic rings. The molecule has 0 aliphatic carbocycles. The summed E-state index contributed by atoms with van der Waals surface area (Å²) in [7, 11) is 1.45. The van der Waals surface area contributed by atoms with Gasteiger partial charge in [0.05, 0.1) is 23.4 Å². The molecule has 0 atom stereocenters. The normalized spacial score (nSPS) is 9.85. The van der Waals surface area contributed by atoms with Crippen LogP contribution >= 0.6 is 11.3 Å². The first kappa shape index (κ1) is 38.0. The number of hydrogen-bond donors (Lipinski definition) is 1. The molecule has 7 nitrogen and oxygen atoms in total. The van der Waals surface area contributed by atoms with E-state index < -0.39 is 11.7 Å². The van der Waals surface area contributed by atoms with Crippen molar-refractivity contribution in [1.82, 2.24) is 15.2 Å². The average Bonchev–Trinajstić information content (AvgIpc) is 3.44. The molecule has 0 saturated heterocycles. The van der Waals surface area contributed by atoms with Gasteiger partial charge in [0, 0.05) is 23.0 Å². The molecule has 2 heterocycles. The quantitative estimate of drug-likeness (QED) is 0.125. The fourth-order valence-electron chi connectivity index (χ4n) is 2.88. The molecule has 0 radical (unpaired) electrons. The monoisotopic (exact) mass is 774 g/mol. The summed E-state index contributed by atoms with van der Waals surface area (Å²) in [6, 6.07) is 6.13. The molecule has 10 heteroatoms. The number of hydrogen-bond acceptors (Lipinski definition) is 7. The number of pyridine rings is 1. The van der Waals surface area contributed by atoms with Gasteiger partial charge in [-0.25, -0.2) is 9.49 Å². The van der Waals surface area contributed by atoms with Crippen LogP contribution in [-0.2, 0) is 4.79 Å². The molecule has 0 bridgehead atoms. The Labute approximate surface area is 258 Å². The zero-order valence-corrected chi connectivity index (χ0v) is 28.0. The van der Waals surface area contributed by atoms with Gasteiger partial charge in [0.1, 0.15) is 11.6 Å². The van der Waals surface area contributed by atoms with Crippen LogP contribution in [0, 0.1) is 69.1 Å². The summed E-state index contributed by atoms with van der Waals surface area (Å²) in [4.78, 5) is 27.4. The number of rotatable bonds is 7. The van der Waals surface area contributed by atoms with Crippen LogP contribution in [0.3, 0.4) is 0 Å². The molecule has 0 saturated carbocycles. The van der Waals surface area contributed by atoms with E-state index in [0.29, 0.717) is 22.1 Å². The summed E-state index contributed by atoms with van der Waals surface area (Å²) < 4.78 is 19.7. The van der Waals surface area contributed by atoms with E-state index in [1.54, 1.807) is 44.2 Å². The molecule has 3 rings (SSSR count). The molecule has 39 heavy (non-hydrogen) atoms. The third kappa shape index (κ3) is 12.5. The molecule has 1 amide bonds. The number of anilines is 1. The molecule has 0 fully saturated rings. The molecular formula is C29H33FN4O3SU. The molecule has 0 spiro atoms. The summed E-state index contributed by atoms with van der Waals surface area (Å²) in [5.74, 6) is -0.516. The van der Waals surface area contributed by atoms with Crippen LogP contribution in [0.2, 0.25) is 0 Å². The van der Waals surface area contributed by atoms with E-state index in [-0.39, 0.29) is 48.0 Å². The number of aryl methyl sites for hydroxylation is 1. The predicted molar refractivity (Wildman–Crippen MR) is 152 cm³/mol. The minimum absolute atomic E-state index is 0. The van der Waals surface area contributed by atoms with Gasteiger partial charge in [0.2, 0.25) is 5.91 Å². The first-order valence-electron chi connectivity index (χ1n) is 11.6. The Morgan fingerprint density at radius 3 is 2.46 bits per heavy atom. The number of benzene rings is 1. The van der Waals surface area contributed by atoms with Crippen molar-refractivity contribution in [3.05, 3.63) is 83.8 Å². The number of nitrogens with zero attached hydrogens (tertiary/aromatic N) is 3. The minimum atomic E-state index is -0.488. The molecule has 2 aromatic heterocycles. The summed E-state index contributed by atoms with van der Waals surface area (Å²) in [5, 5.41) is 10.1. The van der Waals surface area contributed by atoms with Crippen LogP contribution in [0.4, 0.5) is 9.52 Å². The third-order valence-electron chi connectivity index (χ3n) is 4.48. The summed E-state index contributed by atoms with van der Waals surface area (Å²) in [5.41, 5.74) is 4.75. The predicted octanol–water partition coefficient (Wildman–Crippen LogP) is 6.69. The molecule has 1 N–H and O–H groups in total. The number of nitrogens with one attached hydrogen (secondary N) is 1. The second-order valence-corrected chi connectivity index (χ2v) is 7.61. The van der Waals surface area contributed by atoms with Crippen molar-refractivity contribution in [3.63, 3.8) is 0 Å². The van der Waals surface area contributed by atoms with Crippen LogP contribution < -0.4 is 10.1 Å². The van der Waals surface area contributed by atoms with Gasteiger partial charge in [-0.3, -0.25) is 31.0 Å². The first-order valence-corrected chi connectivity index (χ1v) is 12.4. The number of aromatic nitrogens is 3. The SMILES string of the molecule is C#C.CC.COc1cccc(F)c1-c1cc(C)ncc1C(=O)Nc1nn[c-]s1.[CH2-]C/C=C\C(=C/C)C(C)=O.[U+2]. The fraction of sp³-hybridized carbons (Fsp3) is 0.241. The molecule has 1 aromatic carbocycles. The van der Waals surface area contributed by atoms with Gasteiger partial charge in [-0.2, -0.15) is 6.42 Å². The zero-order valence-electron chi connectivity index (χ0n) is 23.0. The number of ketones is 1. The van der Waals surface area contributed by atoms with Gasteiger partial charge in [-0.05, 0) is 39.0 Å². The van der Waals surface area contributed by atoms with Crippen LogP contribution in [-0.4, -0.2) is 34.0 Å². The van der Waals surface area contributed by atoms with E-state index in [9.17, 15) is 14.0 Å². The average molecular weight is 775 g/mol. The number of carbonyl (C=O) groups excluding carboxylic acids is 2. The molecule has 0 aliphatic heterocycles. The molecular weight excluding hydrogens is 741 g/mol. The second-order valence-electron chi connectivity index (χ2n) is 6.83. The van der Waals surface area contributed by atoms with E-state index >= 15 is 0 Å². The molecule has 3 aromatic rings. The topological polar surface area (TPSA) is 94.1 Å². The third-order valence-corrected chi connectivity index (χ3v) is 5.03. The maximum atomic E-state index is 14.4. The van der Waals surface area contributed by atoms with Crippen molar-refractivity contribution in [3.8, 4) is 29.7 Å². The number of terminal acetylenes is 1. The van der Waals surface area contributed by atoms with Crippen molar-refractivity contribution < 1.29 is 49.8 Å². The molecule has 0 unspecified atom stereocenters. The van der Waals surface area contributed by atoms with Gasteiger partial charge in [-0.15, -0.1) is 18.9 Å². The van der Waals surface area contributed by atoms with Crippen molar-refractivity contribution >= 4 is 28.2 Å². The molecule has 204 valence electrons. The maximum Gasteiger partial charge on any atom is 2.00 e. The number of Topliss-reactive ketones (excluding diaryl/α,β-unsaturated/α-hetero) is 1. The number of amides is 1. The summed E-state index contributed by atoms with van der Waals surface area (Å²) in [6.45, 7) is 12.8. The van der Waals surface area contributed by atoms with Crippen molar-refractivity contribution in [2.75, 3.05) is 12.4 Å². The Morgan fingerprint density at radius 1 is 1.28 bits per heavy atom. The van der Waals surface area contributed by atoms with E-state index in [1.165, 1.54) is 19.4 Å². The number of ether oxygens (including phenoxy) is 1. The Hall–Kier alpha value is -3.11. The smallest absolute Gasteiger partial charge is 0.496 e. The van der Waals surface area contributed by atoms with Crippen molar-refractivity contribution in [1.29, 1.82) is 0 Å². The zero-order chi connectivity index (χ0) is 29.1. The van der Waals surface area contributed by atoms with E-state index in [1.807, 2.05) is 26.8 Å². The van der Waals surface area contributed by atoms with Gasteiger partial charge in [0.15, 0.2) is 5.78 Å². The van der Waals surface area contributed by atoms with E-state index in [2.05, 4.69) is 45.8 Å². The maximum absolute atomic E-state index is 14.4. The van der Waals surface area contributed by atoms with Gasteiger partial charge in [-0.1, -0.05) is 37.6 Å². The Balaban J connectivity index is 0. The van der Waals surface area contributed by atoms with Gasteiger partial charge < -0.3 is 17.0 Å². The Morgan fingerprint density at radius 2 is 1.95 bits per heavy atom. The summed E-state index contributed by atoms with van der Waals surface area (Å²) in [6.07, 6.45) is 15.6. The minimum Gasteiger partial charge on any atom is -0.496 e. The fourth-order valence-corrected chi connectivity index (χ4v) is 3.27. The number of halogens is 1. The largest absolute Gasteiger partial charge is 2.00 e. The second kappa shape index (κ2) is 21.8. The van der Waals surface area contributed by atoms with E-state index in [4.69, 9.17) is 4.74 Å². The van der Waals surface area contributed by atoms with Crippen molar-refractivity contribution in [2.45, 2.75) is 41.0 Å². The Kier molecular flexibility index (Phi) is 21.2. The van der Waals surface area contributed by atoms with Crippen LogP contribution in [0.15, 0.2) is 54.3 Å². The van der Waals surface area contributed by atoms with Crippen LogP contribution in [0.5, 0.6) is 5.75 Å². The van der Waals surface area contributed by atoms with Crippen molar-refractivity contribution in [2.24, 2.45) is 0 Å². The van der Waals surface area contributed by atoms with E-state index in [0.717, 1.165) is 23.3 Å². The van der Waals surface area contributed by atoms with Crippen LogP contribution in [0.25, 0.3) is 11.1 Å². The van der Waals surface area contributed by atoms with Gasteiger partial charge >= 0.3 is 31.1 Å². The number of carbonyl (C=O) groups is 2. The van der Waals surface area contributed by atoms with Crippen LogP contribution in [0.1, 0.15) is 50.2 Å². The first-order chi connectivity index (χ1) is 18.3. The summed E-state index contributed by atoms with van der Waals surface area (Å²) >= 11 is 1.06. The Bertz CT molecular complexity index is 1240. The number of allylic oxidation sites excluding steroid dienone is 4.